The molecule has 3 atom stereocenters. The van der Waals surface area contributed by atoms with Gasteiger partial charge in [-0.05, 0) is 50.6 Å². The summed E-state index contributed by atoms with van der Waals surface area (Å²) in [5.74, 6) is 0.839. The van der Waals surface area contributed by atoms with Gasteiger partial charge in [0.15, 0.2) is 0 Å². The number of benzene rings is 1. The summed E-state index contributed by atoms with van der Waals surface area (Å²) in [6.07, 6.45) is 0.117. The number of carbonyl (C=O) groups excluding carboxylic acids is 1. The Morgan fingerprint density at radius 2 is 2.10 bits per heavy atom. The van der Waals surface area contributed by atoms with Crippen LogP contribution < -0.4 is 10.2 Å². The Labute approximate surface area is 177 Å². The normalized spacial score (nSPS) is 18.0. The van der Waals surface area contributed by atoms with Crippen LogP contribution in [0.1, 0.15) is 31.3 Å². The number of ether oxygens (including phenoxy) is 1. The molecule has 3 aromatic rings. The number of cyclic esters (lactones) is 1. The van der Waals surface area contributed by atoms with Gasteiger partial charge >= 0.3 is 6.09 Å². The maximum absolute atomic E-state index is 13.5. The van der Waals surface area contributed by atoms with Gasteiger partial charge in [-0.25, -0.2) is 14.2 Å². The van der Waals surface area contributed by atoms with Crippen LogP contribution in [0.15, 0.2) is 35.0 Å². The standard InChI is InChI=1S/C20H21FN6O4/c1-10-8-13(4-5-14(10)21)17-25-18(31-26-17)11(2)23-19-22-7-6-16(24-19)27-15(12(3)28)9-30-20(27)29/h4-8,11-12,15,28H,9H2,1-3H3,(H,22,23,24)/t11-,12+,15+/m0/s1. The smallest absolute Gasteiger partial charge is 0.416 e. The first-order valence-corrected chi connectivity index (χ1v) is 9.67. The number of rotatable bonds is 6. The Morgan fingerprint density at radius 1 is 1.29 bits per heavy atom. The number of carbonyl (C=O) groups is 1. The van der Waals surface area contributed by atoms with Crippen molar-refractivity contribution >= 4 is 17.9 Å². The van der Waals surface area contributed by atoms with Crippen molar-refractivity contribution in [3.05, 3.63) is 47.7 Å². The number of aliphatic hydroxyl groups is 1. The number of aliphatic hydroxyl groups excluding tert-OH is 1. The van der Waals surface area contributed by atoms with Gasteiger partial charge < -0.3 is 19.7 Å². The quantitative estimate of drug-likeness (QED) is 0.609. The van der Waals surface area contributed by atoms with E-state index < -0.39 is 24.3 Å². The van der Waals surface area contributed by atoms with Crippen LogP contribution in [0, 0.1) is 12.7 Å². The van der Waals surface area contributed by atoms with Crippen LogP contribution in [0.5, 0.6) is 0 Å². The minimum atomic E-state index is -0.788. The number of amides is 1. The second-order valence-corrected chi connectivity index (χ2v) is 7.28. The Bertz CT molecular complexity index is 1100. The highest BCUT2D eigenvalue weighted by Crippen LogP contribution is 2.25. The van der Waals surface area contributed by atoms with E-state index in [0.29, 0.717) is 22.8 Å². The molecule has 1 amide bonds. The first kappa shape index (κ1) is 20.7. The molecular weight excluding hydrogens is 407 g/mol. The van der Waals surface area contributed by atoms with Gasteiger partial charge in [0.2, 0.25) is 17.7 Å². The van der Waals surface area contributed by atoms with E-state index in [9.17, 15) is 14.3 Å². The van der Waals surface area contributed by atoms with Crippen molar-refractivity contribution in [1.82, 2.24) is 20.1 Å². The third kappa shape index (κ3) is 4.17. The second kappa shape index (κ2) is 8.26. The lowest BCUT2D eigenvalue weighted by atomic mass is 10.1. The van der Waals surface area contributed by atoms with Gasteiger partial charge in [-0.3, -0.25) is 4.90 Å². The molecule has 0 aliphatic carbocycles. The highest BCUT2D eigenvalue weighted by Gasteiger charge is 2.38. The van der Waals surface area contributed by atoms with Gasteiger partial charge in [0.25, 0.3) is 0 Å². The Morgan fingerprint density at radius 3 is 2.84 bits per heavy atom. The molecule has 1 aromatic carbocycles. The van der Waals surface area contributed by atoms with Crippen molar-refractivity contribution in [2.75, 3.05) is 16.8 Å². The molecule has 1 saturated heterocycles. The van der Waals surface area contributed by atoms with Crippen molar-refractivity contribution in [2.45, 2.75) is 39.0 Å². The summed E-state index contributed by atoms with van der Waals surface area (Å²) in [6.45, 7) is 5.10. The predicted octanol–water partition coefficient (Wildman–Crippen LogP) is 2.85. The van der Waals surface area contributed by atoms with Crippen LogP contribution in [0.25, 0.3) is 11.4 Å². The largest absolute Gasteiger partial charge is 0.447 e. The second-order valence-electron chi connectivity index (χ2n) is 7.28. The fourth-order valence-electron chi connectivity index (χ4n) is 3.17. The number of aromatic nitrogens is 4. The fraction of sp³-hybridized carbons (Fsp3) is 0.350. The number of aryl methyl sites for hydroxylation is 1. The minimum absolute atomic E-state index is 0.0767. The Balaban J connectivity index is 1.51. The molecule has 0 saturated carbocycles. The number of anilines is 2. The molecule has 31 heavy (non-hydrogen) atoms. The molecule has 2 aromatic heterocycles. The van der Waals surface area contributed by atoms with E-state index in [1.165, 1.54) is 17.2 Å². The highest BCUT2D eigenvalue weighted by atomic mass is 19.1. The van der Waals surface area contributed by atoms with Gasteiger partial charge in [0, 0.05) is 11.8 Å². The summed E-state index contributed by atoms with van der Waals surface area (Å²) in [5.41, 5.74) is 1.12. The van der Waals surface area contributed by atoms with E-state index >= 15 is 0 Å². The molecule has 0 bridgehead atoms. The molecule has 1 aliphatic rings. The van der Waals surface area contributed by atoms with Crippen molar-refractivity contribution in [3.8, 4) is 11.4 Å². The number of halogens is 1. The Kier molecular flexibility index (Phi) is 5.51. The van der Waals surface area contributed by atoms with Crippen molar-refractivity contribution < 1.29 is 23.6 Å². The van der Waals surface area contributed by atoms with Crippen LogP contribution in [-0.2, 0) is 4.74 Å². The molecule has 162 valence electrons. The van der Waals surface area contributed by atoms with E-state index in [0.717, 1.165) is 0 Å². The molecule has 1 aliphatic heterocycles. The maximum Gasteiger partial charge on any atom is 0.416 e. The predicted molar refractivity (Wildman–Crippen MR) is 108 cm³/mol. The number of hydrogen-bond acceptors (Lipinski definition) is 9. The lowest BCUT2D eigenvalue weighted by Crippen LogP contribution is -2.41. The summed E-state index contributed by atoms with van der Waals surface area (Å²) in [5, 5.41) is 16.9. The zero-order valence-electron chi connectivity index (χ0n) is 17.1. The average molecular weight is 428 g/mol. The molecule has 10 nitrogen and oxygen atoms in total. The monoisotopic (exact) mass is 428 g/mol. The molecule has 0 unspecified atom stereocenters. The number of nitrogens with one attached hydrogen (secondary N) is 1. The van der Waals surface area contributed by atoms with Crippen LogP contribution in [-0.4, -0.2) is 50.1 Å². The molecule has 3 heterocycles. The summed E-state index contributed by atoms with van der Waals surface area (Å²) >= 11 is 0. The van der Waals surface area contributed by atoms with Gasteiger partial charge in [0.05, 0.1) is 6.10 Å². The molecule has 0 radical (unpaired) electrons. The van der Waals surface area contributed by atoms with Crippen LogP contribution in [0.3, 0.4) is 0 Å². The van der Waals surface area contributed by atoms with Gasteiger partial charge in [-0.2, -0.15) is 9.97 Å². The zero-order valence-corrected chi connectivity index (χ0v) is 17.1. The third-order valence-corrected chi connectivity index (χ3v) is 4.92. The molecule has 2 N–H and O–H groups in total. The van der Waals surface area contributed by atoms with E-state index in [4.69, 9.17) is 9.26 Å². The SMILES string of the molecule is Cc1cc(-c2noc([C@H](C)Nc3nccc(N4C(=O)OC[C@@H]4[C@@H](C)O)n3)n2)ccc1F. The third-order valence-electron chi connectivity index (χ3n) is 4.92. The van der Waals surface area contributed by atoms with E-state index in [2.05, 4.69) is 25.4 Å². The van der Waals surface area contributed by atoms with Crippen LogP contribution in [0.2, 0.25) is 0 Å². The minimum Gasteiger partial charge on any atom is -0.447 e. The van der Waals surface area contributed by atoms with Gasteiger partial charge in [-0.1, -0.05) is 5.16 Å². The van der Waals surface area contributed by atoms with E-state index in [1.807, 2.05) is 0 Å². The number of hydrogen-bond donors (Lipinski definition) is 2. The molecule has 0 spiro atoms. The van der Waals surface area contributed by atoms with Crippen LogP contribution >= 0.6 is 0 Å². The summed E-state index contributed by atoms with van der Waals surface area (Å²) in [4.78, 5) is 26.2. The number of nitrogens with zero attached hydrogens (tertiary/aromatic N) is 5. The molecule has 1 fully saturated rings. The lowest BCUT2D eigenvalue weighted by molar-refractivity contribution is 0.142. The van der Waals surface area contributed by atoms with E-state index in [1.54, 1.807) is 39.0 Å². The maximum atomic E-state index is 13.5. The van der Waals surface area contributed by atoms with Gasteiger partial charge in [-0.15, -0.1) is 0 Å². The van der Waals surface area contributed by atoms with Crippen molar-refractivity contribution in [3.63, 3.8) is 0 Å². The lowest BCUT2D eigenvalue weighted by Gasteiger charge is -2.22. The molecular formula is C20H21FN6O4. The first-order valence-electron chi connectivity index (χ1n) is 9.67. The van der Waals surface area contributed by atoms with Crippen molar-refractivity contribution in [1.29, 1.82) is 0 Å². The summed E-state index contributed by atoms with van der Waals surface area (Å²) < 4.78 is 23.9. The fourth-order valence-corrected chi connectivity index (χ4v) is 3.17. The van der Waals surface area contributed by atoms with Gasteiger partial charge in [0.1, 0.15) is 30.3 Å². The summed E-state index contributed by atoms with van der Waals surface area (Å²) in [6, 6.07) is 5.14. The summed E-state index contributed by atoms with van der Waals surface area (Å²) in [7, 11) is 0. The van der Waals surface area contributed by atoms with Crippen molar-refractivity contribution in [2.24, 2.45) is 0 Å². The van der Waals surface area contributed by atoms with Crippen LogP contribution in [0.4, 0.5) is 21.0 Å². The highest BCUT2D eigenvalue weighted by molar-refractivity contribution is 5.89. The molecule has 4 rings (SSSR count). The Hall–Kier alpha value is -3.60. The zero-order chi connectivity index (χ0) is 22.1. The molecule has 11 heteroatoms. The van der Waals surface area contributed by atoms with E-state index in [-0.39, 0.29) is 24.3 Å². The topological polar surface area (TPSA) is 127 Å². The first-order chi connectivity index (χ1) is 14.8. The average Bonchev–Trinajstić information content (AvgIpc) is 3.37.